The van der Waals surface area contributed by atoms with E-state index in [0.717, 1.165) is 41.7 Å². The smallest absolute Gasteiger partial charge is 0.222 e. The van der Waals surface area contributed by atoms with E-state index in [1.807, 2.05) is 11.4 Å². The van der Waals surface area contributed by atoms with Crippen molar-refractivity contribution in [3.8, 4) is 0 Å². The predicted molar refractivity (Wildman–Crippen MR) is 76.0 cm³/mol. The number of fused-ring (bicyclic) bond motifs is 1. The van der Waals surface area contributed by atoms with E-state index in [2.05, 4.69) is 15.3 Å². The molecule has 0 unspecified atom stereocenters. The molecule has 0 radical (unpaired) electrons. The molecule has 3 rings (SSSR count). The van der Waals surface area contributed by atoms with Crippen molar-refractivity contribution in [1.29, 1.82) is 0 Å². The largest absolute Gasteiger partial charge is 0.369 e. The van der Waals surface area contributed by atoms with Crippen LogP contribution in [0.15, 0.2) is 17.8 Å². The fourth-order valence-corrected chi connectivity index (χ4v) is 3.51. The first-order valence-corrected chi connectivity index (χ1v) is 7.38. The zero-order chi connectivity index (χ0) is 13.2. The van der Waals surface area contributed by atoms with Crippen LogP contribution in [0, 0.1) is 5.92 Å². The first kappa shape index (κ1) is 12.3. The second kappa shape index (κ2) is 5.13. The third-order valence-electron chi connectivity index (χ3n) is 3.70. The minimum Gasteiger partial charge on any atom is -0.369 e. The summed E-state index contributed by atoms with van der Waals surface area (Å²) in [6, 6.07) is 2.06. The van der Waals surface area contributed by atoms with Crippen LogP contribution in [-0.2, 0) is 4.79 Å². The molecule has 3 N–H and O–H groups in total. The first-order valence-electron chi connectivity index (χ1n) is 6.50. The van der Waals surface area contributed by atoms with Gasteiger partial charge in [-0.25, -0.2) is 9.97 Å². The van der Waals surface area contributed by atoms with E-state index in [9.17, 15) is 4.79 Å². The van der Waals surface area contributed by atoms with E-state index in [4.69, 9.17) is 5.73 Å². The fourth-order valence-electron chi connectivity index (χ4n) is 2.71. The van der Waals surface area contributed by atoms with Crippen LogP contribution >= 0.6 is 11.3 Å². The number of hydrogen-bond acceptors (Lipinski definition) is 5. The Kier molecular flexibility index (Phi) is 3.33. The Balaban J connectivity index is 1.87. The van der Waals surface area contributed by atoms with E-state index in [-0.39, 0.29) is 17.9 Å². The van der Waals surface area contributed by atoms with Crippen molar-refractivity contribution in [2.45, 2.75) is 31.7 Å². The topological polar surface area (TPSA) is 80.9 Å². The lowest BCUT2D eigenvalue weighted by Gasteiger charge is -2.30. The fraction of sp³-hybridized carbons (Fsp3) is 0.462. The summed E-state index contributed by atoms with van der Waals surface area (Å²) in [6.07, 6.45) is 5.58. The molecule has 1 fully saturated rings. The minimum absolute atomic E-state index is 0.0893. The Morgan fingerprint density at radius 1 is 1.37 bits per heavy atom. The van der Waals surface area contributed by atoms with Crippen molar-refractivity contribution in [2.75, 3.05) is 5.32 Å². The number of anilines is 1. The average Bonchev–Trinajstić information content (AvgIpc) is 2.88. The maximum absolute atomic E-state index is 11.5. The number of aromatic nitrogens is 2. The molecule has 6 heteroatoms. The first-order chi connectivity index (χ1) is 9.25. The van der Waals surface area contributed by atoms with Crippen LogP contribution in [0.1, 0.15) is 25.7 Å². The lowest BCUT2D eigenvalue weighted by Crippen LogP contribution is -2.40. The van der Waals surface area contributed by atoms with Crippen molar-refractivity contribution in [2.24, 2.45) is 11.7 Å². The van der Waals surface area contributed by atoms with Gasteiger partial charge in [-0.1, -0.05) is 12.8 Å². The molecule has 1 amide bonds. The summed E-state index contributed by atoms with van der Waals surface area (Å²) < 4.78 is 1.04. The van der Waals surface area contributed by atoms with Crippen LogP contribution < -0.4 is 11.1 Å². The number of hydrogen-bond donors (Lipinski definition) is 2. The Morgan fingerprint density at radius 2 is 2.21 bits per heavy atom. The lowest BCUT2D eigenvalue weighted by molar-refractivity contribution is -0.122. The van der Waals surface area contributed by atoms with E-state index < -0.39 is 0 Å². The highest BCUT2D eigenvalue weighted by Gasteiger charge is 2.29. The number of amides is 1. The molecule has 1 aliphatic carbocycles. The van der Waals surface area contributed by atoms with Gasteiger partial charge >= 0.3 is 0 Å². The second-order valence-corrected chi connectivity index (χ2v) is 5.82. The third kappa shape index (κ3) is 2.40. The van der Waals surface area contributed by atoms with Gasteiger partial charge in [0.2, 0.25) is 5.91 Å². The van der Waals surface area contributed by atoms with Gasteiger partial charge in [-0.05, 0) is 24.3 Å². The summed E-state index contributed by atoms with van der Waals surface area (Å²) in [5, 5.41) is 5.40. The third-order valence-corrected chi connectivity index (χ3v) is 4.61. The molecular formula is C13H16N4OS. The second-order valence-electron chi connectivity index (χ2n) is 4.90. The number of carbonyl (C=O) groups excluding carboxylic acids is 1. The summed E-state index contributed by atoms with van der Waals surface area (Å²) >= 11 is 1.61. The van der Waals surface area contributed by atoms with Crippen molar-refractivity contribution in [1.82, 2.24) is 9.97 Å². The summed E-state index contributed by atoms with van der Waals surface area (Å²) in [5.74, 6) is 0.505. The Morgan fingerprint density at radius 3 is 3.05 bits per heavy atom. The maximum Gasteiger partial charge on any atom is 0.222 e. The summed E-state index contributed by atoms with van der Waals surface area (Å²) in [6.45, 7) is 0. The monoisotopic (exact) mass is 276 g/mol. The van der Waals surface area contributed by atoms with Gasteiger partial charge in [-0.3, -0.25) is 4.79 Å². The number of nitrogens with zero attached hydrogens (tertiary/aromatic N) is 2. The molecule has 1 saturated carbocycles. The summed E-state index contributed by atoms with van der Waals surface area (Å²) in [5.41, 5.74) is 6.43. The van der Waals surface area contributed by atoms with E-state index in [1.165, 1.54) is 0 Å². The molecule has 0 bridgehead atoms. The number of rotatable bonds is 3. The SMILES string of the molecule is NC(=O)[C@@H]1CCCC[C@@H]1Nc1ncnc2ccsc12. The van der Waals surface area contributed by atoms with E-state index in [0.29, 0.717) is 0 Å². The Bertz CT molecular complexity index is 597. The predicted octanol–water partition coefficient (Wildman–Crippen LogP) is 2.15. The zero-order valence-electron chi connectivity index (χ0n) is 10.5. The highest BCUT2D eigenvalue weighted by molar-refractivity contribution is 7.17. The number of thiophene rings is 1. The molecule has 2 atom stereocenters. The number of carbonyl (C=O) groups is 1. The van der Waals surface area contributed by atoms with Gasteiger partial charge in [-0.2, -0.15) is 0 Å². The summed E-state index contributed by atoms with van der Waals surface area (Å²) in [7, 11) is 0. The average molecular weight is 276 g/mol. The van der Waals surface area contributed by atoms with Crippen molar-refractivity contribution < 1.29 is 4.79 Å². The number of nitrogens with one attached hydrogen (secondary N) is 1. The summed E-state index contributed by atoms with van der Waals surface area (Å²) in [4.78, 5) is 20.0. The molecule has 2 aromatic rings. The van der Waals surface area contributed by atoms with Gasteiger partial charge in [0.25, 0.3) is 0 Å². The van der Waals surface area contributed by atoms with Gasteiger partial charge in [0, 0.05) is 6.04 Å². The van der Waals surface area contributed by atoms with Crippen molar-refractivity contribution in [3.63, 3.8) is 0 Å². The molecule has 19 heavy (non-hydrogen) atoms. The van der Waals surface area contributed by atoms with Crippen LogP contribution in [0.25, 0.3) is 10.2 Å². The molecule has 1 aliphatic rings. The molecule has 0 aliphatic heterocycles. The quantitative estimate of drug-likeness (QED) is 0.900. The molecule has 0 spiro atoms. The maximum atomic E-state index is 11.5. The molecular weight excluding hydrogens is 260 g/mol. The van der Waals surface area contributed by atoms with E-state index in [1.54, 1.807) is 17.7 Å². The van der Waals surface area contributed by atoms with Gasteiger partial charge in [0.15, 0.2) is 0 Å². The zero-order valence-corrected chi connectivity index (χ0v) is 11.3. The van der Waals surface area contributed by atoms with Gasteiger partial charge < -0.3 is 11.1 Å². The normalized spacial score (nSPS) is 23.4. The van der Waals surface area contributed by atoms with Gasteiger partial charge in [0.1, 0.15) is 12.1 Å². The molecule has 5 nitrogen and oxygen atoms in total. The lowest BCUT2D eigenvalue weighted by atomic mass is 9.84. The highest BCUT2D eigenvalue weighted by atomic mass is 32.1. The van der Waals surface area contributed by atoms with Gasteiger partial charge in [-0.15, -0.1) is 11.3 Å². The highest BCUT2D eigenvalue weighted by Crippen LogP contribution is 2.30. The number of nitrogens with two attached hydrogens (primary N) is 1. The number of primary amides is 1. The molecule has 0 saturated heterocycles. The van der Waals surface area contributed by atoms with Gasteiger partial charge in [0.05, 0.1) is 16.1 Å². The Hall–Kier alpha value is -1.69. The molecule has 2 heterocycles. The van der Waals surface area contributed by atoms with Crippen LogP contribution in [-0.4, -0.2) is 21.9 Å². The van der Waals surface area contributed by atoms with Crippen LogP contribution in [0.3, 0.4) is 0 Å². The van der Waals surface area contributed by atoms with E-state index >= 15 is 0 Å². The molecule has 2 aromatic heterocycles. The van der Waals surface area contributed by atoms with Crippen LogP contribution in [0.4, 0.5) is 5.82 Å². The van der Waals surface area contributed by atoms with Crippen LogP contribution in [0.2, 0.25) is 0 Å². The Labute approximate surface area is 115 Å². The molecule has 0 aromatic carbocycles. The van der Waals surface area contributed by atoms with Crippen molar-refractivity contribution in [3.05, 3.63) is 17.8 Å². The minimum atomic E-state index is -0.214. The van der Waals surface area contributed by atoms with Crippen molar-refractivity contribution >= 4 is 33.3 Å². The molecule has 100 valence electrons. The van der Waals surface area contributed by atoms with Crippen LogP contribution in [0.5, 0.6) is 0 Å². The standard InChI is InChI=1S/C13H16N4OS/c14-12(18)8-3-1-2-4-9(8)17-13-11-10(5-6-19-11)15-7-16-13/h5-9H,1-4H2,(H2,14,18)(H,15,16,17)/t8-,9+/m1/s1.